The average molecular weight is 466 g/mol. The maximum atomic E-state index is 12.8. The molecule has 0 atom stereocenters. The number of carbonyl (C=O) groups excluding carboxylic acids is 2. The van der Waals surface area contributed by atoms with E-state index in [4.69, 9.17) is 28.6 Å². The summed E-state index contributed by atoms with van der Waals surface area (Å²) in [6.07, 6.45) is 1.79. The van der Waals surface area contributed by atoms with Gasteiger partial charge in [0.25, 0.3) is 5.91 Å². The highest BCUT2D eigenvalue weighted by Crippen LogP contribution is 2.33. The van der Waals surface area contributed by atoms with Gasteiger partial charge in [-0.3, -0.25) is 9.69 Å². The largest absolute Gasteiger partial charge is 0.423 e. The number of thioether (sulfide) groups is 1. The van der Waals surface area contributed by atoms with Gasteiger partial charge in [-0.15, -0.1) is 0 Å². The number of rotatable bonds is 5. The van der Waals surface area contributed by atoms with E-state index in [1.807, 2.05) is 30.3 Å². The van der Waals surface area contributed by atoms with Crippen molar-refractivity contribution in [2.75, 3.05) is 0 Å². The zero-order chi connectivity index (χ0) is 21.8. The summed E-state index contributed by atoms with van der Waals surface area (Å²) >= 11 is 12.5. The Morgan fingerprint density at radius 3 is 2.35 bits per heavy atom. The zero-order valence-corrected chi connectivity index (χ0v) is 18.5. The first kappa shape index (κ1) is 21.3. The van der Waals surface area contributed by atoms with Gasteiger partial charge < -0.3 is 4.74 Å². The number of hydrogen-bond acceptors (Lipinski definition) is 5. The first-order valence-electron chi connectivity index (χ1n) is 9.37. The van der Waals surface area contributed by atoms with Crippen LogP contribution in [0.25, 0.3) is 6.08 Å². The van der Waals surface area contributed by atoms with Crippen molar-refractivity contribution in [3.63, 3.8) is 0 Å². The lowest BCUT2D eigenvalue weighted by Gasteiger charge is -2.14. The number of esters is 1. The van der Waals surface area contributed by atoms with Crippen LogP contribution in [0.1, 0.15) is 21.5 Å². The molecule has 3 aromatic carbocycles. The predicted octanol–water partition coefficient (Wildman–Crippen LogP) is 5.96. The van der Waals surface area contributed by atoms with Gasteiger partial charge in [0.2, 0.25) is 0 Å². The van der Waals surface area contributed by atoms with E-state index in [2.05, 4.69) is 0 Å². The monoisotopic (exact) mass is 465 g/mol. The highest BCUT2D eigenvalue weighted by atomic mass is 35.5. The van der Waals surface area contributed by atoms with Crippen LogP contribution in [0.3, 0.4) is 0 Å². The van der Waals surface area contributed by atoms with Crippen LogP contribution in [0.2, 0.25) is 5.02 Å². The van der Waals surface area contributed by atoms with Gasteiger partial charge in [-0.25, -0.2) is 4.79 Å². The topological polar surface area (TPSA) is 46.6 Å². The Kier molecular flexibility index (Phi) is 6.51. The van der Waals surface area contributed by atoms with Gasteiger partial charge in [0, 0.05) is 5.02 Å². The molecule has 1 heterocycles. The number of benzene rings is 3. The van der Waals surface area contributed by atoms with E-state index in [9.17, 15) is 9.59 Å². The van der Waals surface area contributed by atoms with E-state index in [-0.39, 0.29) is 5.91 Å². The summed E-state index contributed by atoms with van der Waals surface area (Å²) in [5.74, 6) is -0.169. The molecule has 0 unspecified atom stereocenters. The van der Waals surface area contributed by atoms with Gasteiger partial charge in [0.05, 0.1) is 17.0 Å². The maximum Gasteiger partial charge on any atom is 0.343 e. The van der Waals surface area contributed by atoms with Crippen molar-refractivity contribution in [2.24, 2.45) is 0 Å². The number of ether oxygens (including phenoxy) is 1. The van der Waals surface area contributed by atoms with Gasteiger partial charge in [-0.05, 0) is 53.6 Å². The second-order valence-electron chi connectivity index (χ2n) is 6.72. The standard InChI is InChI=1S/C24H16ClNO3S2/c25-19-10-8-18(9-11-19)23(28)29-20-12-6-16(7-13-20)14-21-22(27)26(24(30)31-21)15-17-4-2-1-3-5-17/h1-14H,15H2/b21-14+. The van der Waals surface area contributed by atoms with Crippen molar-refractivity contribution < 1.29 is 14.3 Å². The van der Waals surface area contributed by atoms with Crippen LogP contribution in [0, 0.1) is 0 Å². The maximum absolute atomic E-state index is 12.8. The van der Waals surface area contributed by atoms with Crippen molar-refractivity contribution in [2.45, 2.75) is 6.54 Å². The number of thiocarbonyl (C=S) groups is 1. The van der Waals surface area contributed by atoms with Crippen molar-refractivity contribution in [3.8, 4) is 5.75 Å². The highest BCUT2D eigenvalue weighted by molar-refractivity contribution is 8.26. The molecule has 1 amide bonds. The first-order valence-corrected chi connectivity index (χ1v) is 11.0. The fraction of sp³-hybridized carbons (Fsp3) is 0.0417. The Morgan fingerprint density at radius 1 is 1.00 bits per heavy atom. The first-order chi connectivity index (χ1) is 15.0. The molecule has 4 nitrogen and oxygen atoms in total. The third kappa shape index (κ3) is 5.22. The highest BCUT2D eigenvalue weighted by Gasteiger charge is 2.31. The second kappa shape index (κ2) is 9.47. The average Bonchev–Trinajstić information content (AvgIpc) is 3.03. The molecule has 1 aliphatic rings. The summed E-state index contributed by atoms with van der Waals surface area (Å²) in [5, 5.41) is 0.551. The van der Waals surface area contributed by atoms with Crippen LogP contribution in [-0.4, -0.2) is 21.1 Å². The third-order valence-corrected chi connectivity index (χ3v) is 6.16. The lowest BCUT2D eigenvalue weighted by atomic mass is 10.2. The number of nitrogens with zero attached hydrogens (tertiary/aromatic N) is 1. The second-order valence-corrected chi connectivity index (χ2v) is 8.83. The molecule has 31 heavy (non-hydrogen) atoms. The minimum absolute atomic E-state index is 0.114. The number of amides is 1. The summed E-state index contributed by atoms with van der Waals surface area (Å²) in [5.41, 5.74) is 2.24. The summed E-state index contributed by atoms with van der Waals surface area (Å²) < 4.78 is 5.92. The lowest BCUT2D eigenvalue weighted by Crippen LogP contribution is -2.27. The molecule has 1 saturated heterocycles. The summed E-state index contributed by atoms with van der Waals surface area (Å²) in [4.78, 5) is 27.2. The van der Waals surface area contributed by atoms with Crippen molar-refractivity contribution in [1.29, 1.82) is 0 Å². The van der Waals surface area contributed by atoms with Crippen LogP contribution in [0.15, 0.2) is 83.8 Å². The SMILES string of the molecule is O=C(Oc1ccc(/C=C2/SC(=S)N(Cc3ccccc3)C2=O)cc1)c1ccc(Cl)cc1. The number of halogens is 1. The van der Waals surface area contributed by atoms with E-state index in [0.717, 1.165) is 11.1 Å². The number of hydrogen-bond donors (Lipinski definition) is 0. The molecule has 0 aliphatic carbocycles. The van der Waals surface area contributed by atoms with Crippen molar-refractivity contribution in [3.05, 3.63) is 105 Å². The number of carbonyl (C=O) groups is 2. The molecular formula is C24H16ClNO3S2. The molecule has 0 saturated carbocycles. The van der Waals surface area contributed by atoms with E-state index in [0.29, 0.717) is 32.1 Å². The van der Waals surface area contributed by atoms with Crippen LogP contribution in [-0.2, 0) is 11.3 Å². The summed E-state index contributed by atoms with van der Waals surface area (Å²) in [6.45, 7) is 0.447. The molecule has 7 heteroatoms. The normalized spacial score (nSPS) is 14.9. The van der Waals surface area contributed by atoms with E-state index < -0.39 is 5.97 Å². The van der Waals surface area contributed by atoms with Crippen molar-refractivity contribution in [1.82, 2.24) is 4.90 Å². The van der Waals surface area contributed by atoms with Gasteiger partial charge in [0.15, 0.2) is 0 Å². The van der Waals surface area contributed by atoms with E-state index in [1.54, 1.807) is 59.5 Å². The van der Waals surface area contributed by atoms with Crippen LogP contribution < -0.4 is 4.74 Å². The Bertz CT molecular complexity index is 1160. The third-order valence-electron chi connectivity index (χ3n) is 4.53. The van der Waals surface area contributed by atoms with E-state index in [1.165, 1.54) is 11.8 Å². The summed E-state index contributed by atoms with van der Waals surface area (Å²) in [7, 11) is 0. The quantitative estimate of drug-likeness (QED) is 0.201. The molecule has 0 aromatic heterocycles. The van der Waals surface area contributed by atoms with Gasteiger partial charge in [0.1, 0.15) is 10.1 Å². The molecule has 154 valence electrons. The summed E-state index contributed by atoms with van der Waals surface area (Å²) in [6, 6.07) is 23.2. The molecule has 0 radical (unpaired) electrons. The smallest absolute Gasteiger partial charge is 0.343 e. The van der Waals surface area contributed by atoms with Gasteiger partial charge in [-0.1, -0.05) is 78.0 Å². The Balaban J connectivity index is 1.43. The predicted molar refractivity (Wildman–Crippen MR) is 128 cm³/mol. The van der Waals surface area contributed by atoms with Gasteiger partial charge >= 0.3 is 5.97 Å². The zero-order valence-electron chi connectivity index (χ0n) is 16.2. The van der Waals surface area contributed by atoms with E-state index >= 15 is 0 Å². The molecule has 3 aromatic rings. The van der Waals surface area contributed by atoms with Crippen LogP contribution in [0.5, 0.6) is 5.75 Å². The van der Waals surface area contributed by atoms with Crippen molar-refractivity contribution >= 4 is 57.9 Å². The molecule has 4 rings (SSSR count). The van der Waals surface area contributed by atoms with Crippen LogP contribution in [0.4, 0.5) is 0 Å². The minimum Gasteiger partial charge on any atom is -0.423 e. The molecule has 1 aliphatic heterocycles. The lowest BCUT2D eigenvalue weighted by molar-refractivity contribution is -0.122. The Morgan fingerprint density at radius 2 is 1.68 bits per heavy atom. The fourth-order valence-corrected chi connectivity index (χ4v) is 4.32. The fourth-order valence-electron chi connectivity index (χ4n) is 2.94. The minimum atomic E-state index is -0.466. The van der Waals surface area contributed by atoms with Crippen LogP contribution >= 0.6 is 35.6 Å². The Labute approximate surface area is 194 Å². The molecule has 0 N–H and O–H groups in total. The molecule has 0 bridgehead atoms. The molecule has 0 spiro atoms. The molecular weight excluding hydrogens is 450 g/mol. The molecule has 1 fully saturated rings. The Hall–Kier alpha value is -2.93. The van der Waals surface area contributed by atoms with Gasteiger partial charge in [-0.2, -0.15) is 0 Å².